The molecule has 0 bridgehead atoms. The van der Waals surface area contributed by atoms with Gasteiger partial charge in [-0.15, -0.1) is 0 Å². The number of hydrogen-bond acceptors (Lipinski definition) is 3. The van der Waals surface area contributed by atoms with Gasteiger partial charge >= 0.3 is 0 Å². The smallest absolute Gasteiger partial charge is 0.161 e. The summed E-state index contributed by atoms with van der Waals surface area (Å²) in [6, 6.07) is 4.19. The van der Waals surface area contributed by atoms with E-state index in [4.69, 9.17) is 14.5 Å². The molecule has 1 heterocycles. The number of aliphatic imine (C=N–C) groups is 1. The fourth-order valence-electron chi connectivity index (χ4n) is 2.70. The van der Waals surface area contributed by atoms with Gasteiger partial charge in [0.05, 0.1) is 19.3 Å². The number of benzene rings is 1. The fourth-order valence-corrected chi connectivity index (χ4v) is 2.70. The van der Waals surface area contributed by atoms with E-state index in [0.717, 1.165) is 43.1 Å². The molecule has 0 saturated carbocycles. The lowest BCUT2D eigenvalue weighted by Gasteiger charge is -2.28. The highest BCUT2D eigenvalue weighted by Crippen LogP contribution is 2.36. The van der Waals surface area contributed by atoms with Gasteiger partial charge in [0.2, 0.25) is 0 Å². The second-order valence-electron chi connectivity index (χ2n) is 6.05. The lowest BCUT2D eigenvalue weighted by molar-refractivity contribution is 0.288. The highest BCUT2D eigenvalue weighted by molar-refractivity contribution is 6.01. The summed E-state index contributed by atoms with van der Waals surface area (Å²) in [5.74, 6) is 1.65. The summed E-state index contributed by atoms with van der Waals surface area (Å²) in [7, 11) is 1.70. The van der Waals surface area contributed by atoms with Gasteiger partial charge in [0.15, 0.2) is 11.5 Å². The van der Waals surface area contributed by atoms with Crippen LogP contribution in [0, 0.1) is 0 Å². The Hall–Kier alpha value is -1.51. The average Bonchev–Trinajstić information content (AvgIpc) is 2.37. The van der Waals surface area contributed by atoms with Crippen LogP contribution in [-0.2, 0) is 6.42 Å². The van der Waals surface area contributed by atoms with E-state index in [-0.39, 0.29) is 5.54 Å². The first kappa shape index (κ1) is 14.9. The lowest BCUT2D eigenvalue weighted by Crippen LogP contribution is -2.28. The zero-order chi connectivity index (χ0) is 14.8. The third-order valence-corrected chi connectivity index (χ3v) is 3.63. The summed E-state index contributed by atoms with van der Waals surface area (Å²) in [5.41, 5.74) is 3.53. The minimum absolute atomic E-state index is 0.0350. The number of unbranched alkanes of at least 4 members (excludes halogenated alkanes) is 1. The number of fused-ring (bicyclic) bond motifs is 1. The van der Waals surface area contributed by atoms with Crippen LogP contribution in [0.2, 0.25) is 0 Å². The van der Waals surface area contributed by atoms with E-state index in [0.29, 0.717) is 0 Å². The molecule has 0 aromatic heterocycles. The molecular formula is C17H25NO2. The topological polar surface area (TPSA) is 30.8 Å². The molecule has 0 atom stereocenters. The van der Waals surface area contributed by atoms with Crippen LogP contribution < -0.4 is 9.47 Å². The van der Waals surface area contributed by atoms with Crippen molar-refractivity contribution in [2.24, 2.45) is 4.99 Å². The molecule has 0 unspecified atom stereocenters. The zero-order valence-corrected chi connectivity index (χ0v) is 13.2. The van der Waals surface area contributed by atoms with Crippen molar-refractivity contribution in [3.63, 3.8) is 0 Å². The third kappa shape index (κ3) is 3.14. The molecule has 0 amide bonds. The Bertz CT molecular complexity index is 518. The molecule has 0 aliphatic carbocycles. The molecule has 3 heteroatoms. The molecule has 0 radical (unpaired) electrons. The van der Waals surface area contributed by atoms with Crippen LogP contribution >= 0.6 is 0 Å². The first-order valence-electron chi connectivity index (χ1n) is 7.37. The number of ether oxygens (including phenoxy) is 2. The number of nitrogens with zero attached hydrogens (tertiary/aromatic N) is 1. The minimum atomic E-state index is -0.0350. The summed E-state index contributed by atoms with van der Waals surface area (Å²) in [6.45, 7) is 9.29. The van der Waals surface area contributed by atoms with Gasteiger partial charge in [-0.05, 0) is 51.3 Å². The van der Waals surface area contributed by atoms with Crippen LogP contribution in [-0.4, -0.2) is 25.0 Å². The average molecular weight is 275 g/mol. The van der Waals surface area contributed by atoms with Gasteiger partial charge in [-0.3, -0.25) is 4.99 Å². The maximum Gasteiger partial charge on any atom is 0.161 e. The SMILES string of the molecule is CCCCOc1cc2c(cc1OC)CC(C)(C)N=C2C. The molecule has 0 spiro atoms. The molecular weight excluding hydrogens is 250 g/mol. The Morgan fingerprint density at radius 2 is 2.00 bits per heavy atom. The van der Waals surface area contributed by atoms with E-state index in [1.165, 1.54) is 11.1 Å². The standard InChI is InChI=1S/C17H25NO2/c1-6-7-8-20-16-10-14-12(2)18-17(3,4)11-13(14)9-15(16)19-5/h9-10H,6-8,11H2,1-5H3. The van der Waals surface area contributed by atoms with E-state index < -0.39 is 0 Å². The molecule has 1 aromatic rings. The van der Waals surface area contributed by atoms with E-state index >= 15 is 0 Å². The van der Waals surface area contributed by atoms with Crippen LogP contribution in [0.1, 0.15) is 51.7 Å². The van der Waals surface area contributed by atoms with Crippen molar-refractivity contribution in [2.45, 2.75) is 52.5 Å². The summed E-state index contributed by atoms with van der Waals surface area (Å²) >= 11 is 0. The van der Waals surface area contributed by atoms with Gasteiger partial charge in [-0.1, -0.05) is 13.3 Å². The molecule has 1 aliphatic heterocycles. The molecule has 110 valence electrons. The fraction of sp³-hybridized carbons (Fsp3) is 0.588. The Kier molecular flexibility index (Phi) is 4.36. The van der Waals surface area contributed by atoms with Crippen LogP contribution in [0.25, 0.3) is 0 Å². The molecule has 2 rings (SSSR count). The van der Waals surface area contributed by atoms with Crippen LogP contribution in [0.5, 0.6) is 11.5 Å². The first-order chi connectivity index (χ1) is 9.46. The number of methoxy groups -OCH3 is 1. The largest absolute Gasteiger partial charge is 0.493 e. The van der Waals surface area contributed by atoms with Crippen molar-refractivity contribution >= 4 is 5.71 Å². The predicted octanol–water partition coefficient (Wildman–Crippen LogP) is 4.02. The van der Waals surface area contributed by atoms with Crippen molar-refractivity contribution in [1.29, 1.82) is 0 Å². The van der Waals surface area contributed by atoms with E-state index in [9.17, 15) is 0 Å². The van der Waals surface area contributed by atoms with E-state index in [1.807, 2.05) is 0 Å². The molecule has 3 nitrogen and oxygen atoms in total. The predicted molar refractivity (Wildman–Crippen MR) is 83.4 cm³/mol. The highest BCUT2D eigenvalue weighted by Gasteiger charge is 2.26. The van der Waals surface area contributed by atoms with Gasteiger partial charge in [0.1, 0.15) is 0 Å². The minimum Gasteiger partial charge on any atom is -0.493 e. The van der Waals surface area contributed by atoms with Crippen molar-refractivity contribution in [3.05, 3.63) is 23.3 Å². The second kappa shape index (κ2) is 5.86. The monoisotopic (exact) mass is 275 g/mol. The molecule has 1 aliphatic rings. The highest BCUT2D eigenvalue weighted by atomic mass is 16.5. The Balaban J connectivity index is 2.35. The van der Waals surface area contributed by atoms with Crippen LogP contribution in [0.4, 0.5) is 0 Å². The Labute approximate surface area is 122 Å². The normalized spacial score (nSPS) is 16.4. The van der Waals surface area contributed by atoms with Gasteiger partial charge in [-0.2, -0.15) is 0 Å². The molecule has 0 saturated heterocycles. The molecule has 0 N–H and O–H groups in total. The lowest BCUT2D eigenvalue weighted by atomic mass is 9.87. The number of rotatable bonds is 5. The first-order valence-corrected chi connectivity index (χ1v) is 7.37. The van der Waals surface area contributed by atoms with Crippen molar-refractivity contribution < 1.29 is 9.47 Å². The van der Waals surface area contributed by atoms with Gasteiger partial charge in [0.25, 0.3) is 0 Å². The van der Waals surface area contributed by atoms with Crippen LogP contribution in [0.15, 0.2) is 17.1 Å². The summed E-state index contributed by atoms with van der Waals surface area (Å²) in [6.07, 6.45) is 3.12. The summed E-state index contributed by atoms with van der Waals surface area (Å²) in [4.78, 5) is 4.77. The van der Waals surface area contributed by atoms with Gasteiger partial charge in [-0.25, -0.2) is 0 Å². The second-order valence-corrected chi connectivity index (χ2v) is 6.05. The quantitative estimate of drug-likeness (QED) is 0.760. The van der Waals surface area contributed by atoms with Crippen molar-refractivity contribution in [2.75, 3.05) is 13.7 Å². The Morgan fingerprint density at radius 1 is 1.25 bits per heavy atom. The maximum absolute atomic E-state index is 5.85. The van der Waals surface area contributed by atoms with Crippen molar-refractivity contribution in [3.8, 4) is 11.5 Å². The van der Waals surface area contributed by atoms with E-state index in [2.05, 4.69) is 39.8 Å². The van der Waals surface area contributed by atoms with Crippen molar-refractivity contribution in [1.82, 2.24) is 0 Å². The molecule has 0 fully saturated rings. The summed E-state index contributed by atoms with van der Waals surface area (Å²) in [5, 5.41) is 0. The third-order valence-electron chi connectivity index (χ3n) is 3.63. The van der Waals surface area contributed by atoms with Gasteiger partial charge < -0.3 is 9.47 Å². The summed E-state index contributed by atoms with van der Waals surface area (Å²) < 4.78 is 11.3. The Morgan fingerprint density at radius 3 is 2.65 bits per heavy atom. The van der Waals surface area contributed by atoms with Gasteiger partial charge in [0, 0.05) is 11.3 Å². The molecule has 1 aromatic carbocycles. The van der Waals surface area contributed by atoms with E-state index in [1.54, 1.807) is 7.11 Å². The molecule has 20 heavy (non-hydrogen) atoms. The maximum atomic E-state index is 5.85. The zero-order valence-electron chi connectivity index (χ0n) is 13.2. The van der Waals surface area contributed by atoms with Crippen LogP contribution in [0.3, 0.4) is 0 Å². The number of hydrogen-bond donors (Lipinski definition) is 0.